The second-order valence-electron chi connectivity index (χ2n) is 4.59. The van der Waals surface area contributed by atoms with Gasteiger partial charge in [0.2, 0.25) is 0 Å². The van der Waals surface area contributed by atoms with Crippen LogP contribution in [-0.4, -0.2) is 43.5 Å². The molecule has 0 bridgehead atoms. The summed E-state index contributed by atoms with van der Waals surface area (Å²) in [6.45, 7) is 3.37. The largest absolute Gasteiger partial charge is 0.483 e. The van der Waals surface area contributed by atoms with Crippen molar-refractivity contribution in [2.45, 2.75) is 19.9 Å². The average Bonchev–Trinajstić information content (AvgIpc) is 2.44. The van der Waals surface area contributed by atoms with Crippen LogP contribution >= 0.6 is 0 Å². The van der Waals surface area contributed by atoms with Crippen molar-refractivity contribution in [1.29, 1.82) is 0 Å². The third-order valence-corrected chi connectivity index (χ3v) is 4.39. The van der Waals surface area contributed by atoms with Gasteiger partial charge in [0.15, 0.2) is 5.84 Å². The molecule has 0 saturated carbocycles. The van der Waals surface area contributed by atoms with E-state index >= 15 is 0 Å². The number of oxime groups is 1. The number of rotatable bonds is 7. The minimum Gasteiger partial charge on any atom is -0.483 e. The lowest BCUT2D eigenvalue weighted by Gasteiger charge is -2.22. The van der Waals surface area contributed by atoms with Crippen LogP contribution in [0.5, 0.6) is 5.75 Å². The zero-order valence-corrected chi connectivity index (χ0v) is 13.0. The first-order chi connectivity index (χ1) is 9.77. The number of nitrogens with two attached hydrogens (primary N) is 1. The Labute approximate surface area is 124 Å². The summed E-state index contributed by atoms with van der Waals surface area (Å²) in [4.78, 5) is 0. The average molecular weight is 316 g/mol. The summed E-state index contributed by atoms with van der Waals surface area (Å²) < 4.78 is 33.3. The maximum atomic E-state index is 12.2. The number of nitrogens with one attached hydrogen (secondary N) is 1. The fourth-order valence-corrected chi connectivity index (χ4v) is 2.49. The van der Waals surface area contributed by atoms with E-state index in [9.17, 15) is 8.42 Å². The van der Waals surface area contributed by atoms with Crippen molar-refractivity contribution in [2.75, 3.05) is 18.4 Å². The van der Waals surface area contributed by atoms with Crippen LogP contribution < -0.4 is 15.2 Å². The van der Waals surface area contributed by atoms with Crippen LogP contribution in [0.2, 0.25) is 0 Å². The Morgan fingerprint density at radius 3 is 2.67 bits per heavy atom. The molecule has 0 atom stereocenters. The molecule has 0 aliphatic heterocycles. The summed E-state index contributed by atoms with van der Waals surface area (Å²) in [6.07, 6.45) is 0. The molecule has 21 heavy (non-hydrogen) atoms. The number of ether oxygens (including phenoxy) is 1. The van der Waals surface area contributed by atoms with Gasteiger partial charge in [-0.1, -0.05) is 17.3 Å². The Morgan fingerprint density at radius 1 is 1.48 bits per heavy atom. The van der Waals surface area contributed by atoms with Crippen LogP contribution in [0.1, 0.15) is 13.8 Å². The summed E-state index contributed by atoms with van der Waals surface area (Å²) in [7, 11) is -2.21. The van der Waals surface area contributed by atoms with E-state index in [1.165, 1.54) is 11.4 Å². The lowest BCUT2D eigenvalue weighted by Crippen LogP contribution is -2.37. The lowest BCUT2D eigenvalue weighted by molar-refractivity contribution is 0.306. The molecular formula is C12H20N4O4S. The van der Waals surface area contributed by atoms with Crippen molar-refractivity contribution in [3.8, 4) is 5.75 Å². The number of para-hydroxylation sites is 2. The highest BCUT2D eigenvalue weighted by Gasteiger charge is 2.21. The number of nitrogens with zero attached hydrogens (tertiary/aromatic N) is 2. The Kier molecular flexibility index (Phi) is 5.79. The van der Waals surface area contributed by atoms with Gasteiger partial charge in [-0.25, -0.2) is 0 Å². The summed E-state index contributed by atoms with van der Waals surface area (Å²) in [6, 6.07) is 6.31. The zero-order valence-electron chi connectivity index (χ0n) is 12.1. The monoisotopic (exact) mass is 316 g/mol. The van der Waals surface area contributed by atoms with Gasteiger partial charge in [0.05, 0.1) is 5.69 Å². The first-order valence-electron chi connectivity index (χ1n) is 6.22. The van der Waals surface area contributed by atoms with E-state index in [4.69, 9.17) is 15.7 Å². The van der Waals surface area contributed by atoms with Crippen LogP contribution in [0.15, 0.2) is 29.4 Å². The molecule has 0 saturated heterocycles. The standard InChI is InChI=1S/C12H20N4O4S/c1-9(2)16(3)21(18,19)15-10-6-4-5-7-11(10)20-8-12(13)14-17/h4-7,9,15,17H,8H2,1-3H3,(H2,13,14). The minimum absolute atomic E-state index is 0.119. The van der Waals surface area contributed by atoms with E-state index in [2.05, 4.69) is 9.88 Å². The molecule has 0 unspecified atom stereocenters. The third-order valence-electron chi connectivity index (χ3n) is 2.74. The van der Waals surface area contributed by atoms with Gasteiger partial charge in [-0.3, -0.25) is 4.72 Å². The minimum atomic E-state index is -3.69. The number of benzene rings is 1. The molecule has 118 valence electrons. The van der Waals surface area contributed by atoms with Gasteiger partial charge in [0.25, 0.3) is 0 Å². The Bertz CT molecular complexity index is 601. The van der Waals surface area contributed by atoms with Gasteiger partial charge < -0.3 is 15.7 Å². The predicted molar refractivity (Wildman–Crippen MR) is 80.8 cm³/mol. The molecule has 0 heterocycles. The van der Waals surface area contributed by atoms with Gasteiger partial charge in [0.1, 0.15) is 12.4 Å². The fourth-order valence-electron chi connectivity index (χ4n) is 1.35. The van der Waals surface area contributed by atoms with Crippen molar-refractivity contribution in [2.24, 2.45) is 10.9 Å². The van der Waals surface area contributed by atoms with Crippen LogP contribution in [-0.2, 0) is 10.2 Å². The molecule has 1 rings (SSSR count). The van der Waals surface area contributed by atoms with E-state index in [1.54, 1.807) is 38.1 Å². The van der Waals surface area contributed by atoms with Gasteiger partial charge in [0, 0.05) is 13.1 Å². The zero-order chi connectivity index (χ0) is 16.0. The molecule has 9 heteroatoms. The van der Waals surface area contributed by atoms with Gasteiger partial charge in [-0.15, -0.1) is 0 Å². The Balaban J connectivity index is 2.94. The highest BCUT2D eigenvalue weighted by Crippen LogP contribution is 2.25. The van der Waals surface area contributed by atoms with Crippen LogP contribution in [0.4, 0.5) is 5.69 Å². The van der Waals surface area contributed by atoms with Crippen LogP contribution in [0, 0.1) is 0 Å². The second-order valence-corrected chi connectivity index (χ2v) is 6.32. The number of hydrogen-bond acceptors (Lipinski definition) is 5. The quantitative estimate of drug-likeness (QED) is 0.298. The van der Waals surface area contributed by atoms with Gasteiger partial charge in [-0.05, 0) is 26.0 Å². The SMILES string of the molecule is CC(C)N(C)S(=O)(=O)Nc1ccccc1OCC(N)=NO. The van der Waals surface area contributed by atoms with Crippen LogP contribution in [0.25, 0.3) is 0 Å². The molecule has 0 amide bonds. The molecule has 1 aromatic carbocycles. The molecule has 0 spiro atoms. The van der Waals surface area contributed by atoms with Crippen molar-refractivity contribution in [3.63, 3.8) is 0 Å². The molecule has 8 nitrogen and oxygen atoms in total. The molecule has 4 N–H and O–H groups in total. The second kappa shape index (κ2) is 7.14. The molecule has 0 aliphatic carbocycles. The topological polar surface area (TPSA) is 117 Å². The molecule has 1 aromatic rings. The maximum absolute atomic E-state index is 12.2. The first kappa shape index (κ1) is 17.1. The molecule has 0 radical (unpaired) electrons. The first-order valence-corrected chi connectivity index (χ1v) is 7.66. The predicted octanol–water partition coefficient (Wildman–Crippen LogP) is 0.809. The number of hydrogen-bond donors (Lipinski definition) is 3. The Hall–Kier alpha value is -2.00. The van der Waals surface area contributed by atoms with E-state index in [1.807, 2.05) is 0 Å². The highest BCUT2D eigenvalue weighted by atomic mass is 32.2. The molecule has 0 aliphatic rings. The lowest BCUT2D eigenvalue weighted by atomic mass is 10.3. The van der Waals surface area contributed by atoms with Crippen molar-refractivity contribution < 1.29 is 18.4 Å². The van der Waals surface area contributed by atoms with E-state index in [-0.39, 0.29) is 29.9 Å². The fraction of sp³-hybridized carbons (Fsp3) is 0.417. The number of amidine groups is 1. The molecular weight excluding hydrogens is 296 g/mol. The van der Waals surface area contributed by atoms with Gasteiger partial charge >= 0.3 is 10.2 Å². The summed E-state index contributed by atoms with van der Waals surface area (Å²) in [5.74, 6) is 0.164. The third kappa shape index (κ3) is 4.80. The summed E-state index contributed by atoms with van der Waals surface area (Å²) >= 11 is 0. The maximum Gasteiger partial charge on any atom is 0.301 e. The Morgan fingerprint density at radius 2 is 2.10 bits per heavy atom. The van der Waals surface area contributed by atoms with Crippen LogP contribution in [0.3, 0.4) is 0 Å². The van der Waals surface area contributed by atoms with Gasteiger partial charge in [-0.2, -0.15) is 12.7 Å². The van der Waals surface area contributed by atoms with Crippen molar-refractivity contribution in [3.05, 3.63) is 24.3 Å². The summed E-state index contributed by atoms with van der Waals surface area (Å²) in [5, 5.41) is 11.2. The smallest absolute Gasteiger partial charge is 0.301 e. The summed E-state index contributed by atoms with van der Waals surface area (Å²) in [5.41, 5.74) is 5.59. The van der Waals surface area contributed by atoms with E-state index < -0.39 is 10.2 Å². The van der Waals surface area contributed by atoms with Crippen molar-refractivity contribution >= 4 is 21.7 Å². The van der Waals surface area contributed by atoms with E-state index in [0.717, 1.165) is 0 Å². The normalized spacial score (nSPS) is 12.7. The molecule has 0 fully saturated rings. The van der Waals surface area contributed by atoms with E-state index in [0.29, 0.717) is 0 Å². The number of anilines is 1. The molecule has 0 aromatic heterocycles. The highest BCUT2D eigenvalue weighted by molar-refractivity contribution is 7.90. The van der Waals surface area contributed by atoms with Crippen molar-refractivity contribution in [1.82, 2.24) is 4.31 Å².